The molecule has 82 heavy (non-hydrogen) atoms. The molecule has 5 rings (SSSR count). The average molecular weight is 1180 g/mol. The van der Waals surface area contributed by atoms with E-state index in [0.29, 0.717) is 13.0 Å². The summed E-state index contributed by atoms with van der Waals surface area (Å²) in [5.74, 6) is -1.02. The lowest BCUT2D eigenvalue weighted by Gasteiger charge is -2.51. The Balaban J connectivity index is 1.55. The summed E-state index contributed by atoms with van der Waals surface area (Å²) in [5, 5.41) is 56.6. The maximum atomic E-state index is 14.3. The Morgan fingerprint density at radius 3 is 1.70 bits per heavy atom. The Morgan fingerprint density at radius 2 is 1.16 bits per heavy atom. The van der Waals surface area contributed by atoms with E-state index in [1.165, 1.54) is 18.9 Å². The van der Waals surface area contributed by atoms with Crippen molar-refractivity contribution in [3.63, 3.8) is 0 Å². The number of alkyl carbamates (subject to hydrolysis) is 2. The number of carbonyl (C=O) groups is 6. The van der Waals surface area contributed by atoms with Crippen LogP contribution >= 0.6 is 0 Å². The minimum absolute atomic E-state index is 0.0661. The minimum Gasteiger partial charge on any atom is -0.444 e. The van der Waals surface area contributed by atoms with Crippen molar-refractivity contribution in [3.8, 4) is 0 Å². The Labute approximate surface area is 482 Å². The number of ether oxygens (including phenoxy) is 11. The first-order valence-electron chi connectivity index (χ1n) is 28.4. The van der Waals surface area contributed by atoms with E-state index in [4.69, 9.17) is 52.1 Å². The van der Waals surface area contributed by atoms with Gasteiger partial charge in [0.1, 0.15) is 58.0 Å². The Kier molecular flexibility index (Phi) is 22.3. The quantitative estimate of drug-likeness (QED) is 0.115. The fourth-order valence-electron chi connectivity index (χ4n) is 9.94. The molecule has 1 aliphatic carbocycles. The maximum Gasteiger partial charge on any atom is 0.410 e. The predicted octanol–water partition coefficient (Wildman–Crippen LogP) is 3.76. The minimum atomic E-state index is -2.19. The molecule has 0 aromatic carbocycles. The van der Waals surface area contributed by atoms with E-state index in [1.54, 1.807) is 104 Å². The molecule has 5 aliphatic rings. The van der Waals surface area contributed by atoms with E-state index >= 15 is 0 Å². The van der Waals surface area contributed by atoms with Crippen molar-refractivity contribution in [2.45, 2.75) is 262 Å². The molecular weight excluding hydrogens is 1080 g/mol. The van der Waals surface area contributed by atoms with Crippen LogP contribution in [0.25, 0.3) is 0 Å². The highest BCUT2D eigenvalue weighted by molar-refractivity contribution is 5.89. The van der Waals surface area contributed by atoms with E-state index in [9.17, 15) is 49.2 Å². The molecular formula is C55H96N6O21. The molecule has 0 radical (unpaired) electrons. The van der Waals surface area contributed by atoms with Gasteiger partial charge in [0.25, 0.3) is 5.91 Å². The summed E-state index contributed by atoms with van der Waals surface area (Å²) in [6.45, 7) is 25.5. The SMILES string of the molecule is CN(C(=O)OC(C)(C)C)[C@@H]1[C@@H](O)[C@@H](O[C@@H]2[C@H](O)[C@H](O[C@H]3O[C@H](CN(CCOC4CCCCO4)C(=O)OC(C)(C)C)CC[C@H]3NC(=O)OC(C)(C)C)[C@@H](NC(=O)OC(C)(C)C)C[C@H]2NC(=O)C2(O)CN(C(=O)OC(C)(C)C)C2)OC[C@]1(C)O. The molecule has 27 nitrogen and oxygen atoms in total. The summed E-state index contributed by atoms with van der Waals surface area (Å²) in [6, 6.07) is -5.23. The fraction of sp³-hybridized carbons (Fsp3) is 0.891. The number of carbonyl (C=O) groups excluding carboxylic acids is 6. The molecule has 0 aromatic rings. The normalized spacial score (nSPS) is 30.8. The van der Waals surface area contributed by atoms with Gasteiger partial charge in [0.15, 0.2) is 24.5 Å². The third-order valence-electron chi connectivity index (χ3n) is 13.5. The van der Waals surface area contributed by atoms with Crippen LogP contribution in [-0.4, -0.2) is 237 Å². The maximum absolute atomic E-state index is 14.3. The highest BCUT2D eigenvalue weighted by Crippen LogP contribution is 2.36. The molecule has 4 aliphatic heterocycles. The molecule has 7 N–H and O–H groups in total. The number of nitrogens with one attached hydrogen (secondary N) is 3. The molecule has 472 valence electrons. The van der Waals surface area contributed by atoms with Gasteiger partial charge in [0.2, 0.25) is 0 Å². The highest BCUT2D eigenvalue weighted by Gasteiger charge is 2.57. The van der Waals surface area contributed by atoms with Crippen LogP contribution in [0.2, 0.25) is 0 Å². The zero-order valence-electron chi connectivity index (χ0n) is 51.2. The number of nitrogens with zero attached hydrogens (tertiary/aromatic N) is 3. The van der Waals surface area contributed by atoms with Crippen LogP contribution in [0.3, 0.4) is 0 Å². The second-order valence-corrected chi connectivity index (χ2v) is 27.2. The number of β-amino-alcohol motifs (C(OH)–C–C–N with tert-alkyl or cyclic N) is 1. The van der Waals surface area contributed by atoms with Gasteiger partial charge in [-0.1, -0.05) is 0 Å². The van der Waals surface area contributed by atoms with E-state index in [1.807, 2.05) is 0 Å². The standard InChI is InChI=1S/C55H96N6O21/c1-49(2,3)78-44(65)57-32-22-21-31(27-60(47(68)81-52(10,11)12)23-25-73-35-20-18-19-24-72-35)75-41(32)76-39-34(58-45(66)79-50(4,5)6)26-33(56-43(64)55(71)28-61(29-55)48(69)82-53(13,14)15)38(36(39)62)77-42-37(63)40(54(16,70)30-74-42)59(17)46(67)80-51(7,8)9/h31-42,62-63,70-71H,18-30H2,1-17H3,(H,56,64)(H,57,65)(H,58,66)/t31-,32+,33+,34-,35?,36-,37+,38-,39+,40+,41+,42+,54-/m0/s1. The van der Waals surface area contributed by atoms with E-state index < -0.39 is 169 Å². The summed E-state index contributed by atoms with van der Waals surface area (Å²) in [5.41, 5.74) is -8.84. The lowest BCUT2D eigenvalue weighted by molar-refractivity contribution is -0.315. The van der Waals surface area contributed by atoms with E-state index in [-0.39, 0.29) is 39.0 Å². The second-order valence-electron chi connectivity index (χ2n) is 27.2. The van der Waals surface area contributed by atoms with Gasteiger partial charge < -0.3 is 103 Å². The van der Waals surface area contributed by atoms with Crippen LogP contribution in [0.5, 0.6) is 0 Å². The number of aliphatic hydroxyl groups is 4. The molecule has 27 heteroatoms. The van der Waals surface area contributed by atoms with Crippen LogP contribution in [-0.2, 0) is 56.9 Å². The topological polar surface area (TPSA) is 331 Å². The largest absolute Gasteiger partial charge is 0.444 e. The summed E-state index contributed by atoms with van der Waals surface area (Å²) in [4.78, 5) is 85.6. The average Bonchev–Trinajstić information content (AvgIpc) is 3.28. The predicted molar refractivity (Wildman–Crippen MR) is 291 cm³/mol. The Morgan fingerprint density at radius 1 is 0.634 bits per heavy atom. The number of aliphatic hydroxyl groups excluding tert-OH is 2. The van der Waals surface area contributed by atoms with Gasteiger partial charge in [-0.3, -0.25) is 4.79 Å². The molecule has 4 heterocycles. The van der Waals surface area contributed by atoms with Crippen molar-refractivity contribution < 1.29 is 101 Å². The van der Waals surface area contributed by atoms with Gasteiger partial charge >= 0.3 is 30.5 Å². The first-order chi connectivity index (χ1) is 37.5. The molecule has 5 fully saturated rings. The number of amides is 6. The summed E-state index contributed by atoms with van der Waals surface area (Å²) >= 11 is 0. The lowest BCUT2D eigenvalue weighted by Crippen LogP contribution is -2.74. The third kappa shape index (κ3) is 20.3. The van der Waals surface area contributed by atoms with Crippen LogP contribution in [0.1, 0.15) is 149 Å². The van der Waals surface area contributed by atoms with Gasteiger partial charge in [-0.15, -0.1) is 0 Å². The second kappa shape index (κ2) is 26.8. The van der Waals surface area contributed by atoms with Gasteiger partial charge in [-0.25, -0.2) is 24.0 Å². The molecule has 1 saturated carbocycles. The van der Waals surface area contributed by atoms with Crippen LogP contribution in [0.15, 0.2) is 0 Å². The van der Waals surface area contributed by atoms with Crippen molar-refractivity contribution in [1.82, 2.24) is 30.7 Å². The molecule has 0 bridgehead atoms. The first-order valence-corrected chi connectivity index (χ1v) is 28.4. The molecule has 6 amide bonds. The number of likely N-dealkylation sites (tertiary alicyclic amines) is 1. The van der Waals surface area contributed by atoms with Crippen LogP contribution in [0.4, 0.5) is 24.0 Å². The molecule has 1 unspecified atom stereocenters. The number of likely N-dealkylation sites (N-methyl/N-ethyl adjacent to an activating group) is 1. The van der Waals surface area contributed by atoms with Crippen molar-refractivity contribution in [1.29, 1.82) is 0 Å². The molecule has 4 saturated heterocycles. The molecule has 0 spiro atoms. The van der Waals surface area contributed by atoms with Gasteiger partial charge in [-0.2, -0.15) is 0 Å². The van der Waals surface area contributed by atoms with E-state index in [0.717, 1.165) is 22.6 Å². The zero-order chi connectivity index (χ0) is 61.7. The van der Waals surface area contributed by atoms with Crippen molar-refractivity contribution >= 4 is 36.4 Å². The third-order valence-corrected chi connectivity index (χ3v) is 13.5. The van der Waals surface area contributed by atoms with Crippen molar-refractivity contribution in [2.24, 2.45) is 0 Å². The zero-order valence-corrected chi connectivity index (χ0v) is 51.2. The molecule has 13 atom stereocenters. The van der Waals surface area contributed by atoms with E-state index in [2.05, 4.69) is 16.0 Å². The number of rotatable bonds is 15. The number of hydrogen-bond acceptors (Lipinski definition) is 21. The first kappa shape index (κ1) is 68.2. The fourth-order valence-corrected chi connectivity index (χ4v) is 9.94. The number of hydrogen-bond donors (Lipinski definition) is 7. The van der Waals surface area contributed by atoms with Gasteiger partial charge in [0, 0.05) is 20.2 Å². The van der Waals surface area contributed by atoms with Gasteiger partial charge in [0.05, 0.1) is 63.1 Å². The van der Waals surface area contributed by atoms with Crippen molar-refractivity contribution in [2.75, 3.05) is 53.0 Å². The van der Waals surface area contributed by atoms with Gasteiger partial charge in [-0.05, 0) is 149 Å². The smallest absolute Gasteiger partial charge is 0.410 e. The van der Waals surface area contributed by atoms with Crippen molar-refractivity contribution in [3.05, 3.63) is 0 Å². The highest BCUT2D eigenvalue weighted by atomic mass is 16.7. The monoisotopic (exact) mass is 1180 g/mol. The lowest BCUT2D eigenvalue weighted by atomic mass is 9.82. The van der Waals surface area contributed by atoms with Crippen LogP contribution in [0, 0.1) is 0 Å². The molecule has 0 aromatic heterocycles. The Bertz CT molecular complexity index is 2170. The summed E-state index contributed by atoms with van der Waals surface area (Å²) < 4.78 is 65.7. The summed E-state index contributed by atoms with van der Waals surface area (Å²) in [6.07, 6.45) is -13.3. The Hall–Kier alpha value is -4.58. The van der Waals surface area contributed by atoms with Crippen LogP contribution < -0.4 is 16.0 Å². The summed E-state index contributed by atoms with van der Waals surface area (Å²) in [7, 11) is 1.31.